The predicted octanol–water partition coefficient (Wildman–Crippen LogP) is 1.89. The first-order valence-corrected chi connectivity index (χ1v) is 8.43. The van der Waals surface area contributed by atoms with Gasteiger partial charge in [0, 0.05) is 13.1 Å². The summed E-state index contributed by atoms with van der Waals surface area (Å²) in [6.45, 7) is 4.58. The average Bonchev–Trinajstić information content (AvgIpc) is 2.37. The van der Waals surface area contributed by atoms with E-state index < -0.39 is 10.0 Å². The van der Waals surface area contributed by atoms with E-state index in [0.29, 0.717) is 13.1 Å². The maximum absolute atomic E-state index is 11.8. The number of nitrogens with two attached hydrogens (primary N) is 1. The third-order valence-electron chi connectivity index (χ3n) is 2.76. The Morgan fingerprint density at radius 1 is 1.24 bits per heavy atom. The first-order chi connectivity index (χ1) is 9.70. The van der Waals surface area contributed by atoms with E-state index in [4.69, 9.17) is 33.1 Å². The topological polar surface area (TPSA) is 89.7 Å². The van der Waals surface area contributed by atoms with Crippen LogP contribution in [0.5, 0.6) is 5.75 Å². The first-order valence-electron chi connectivity index (χ1n) is 6.13. The molecular formula is C12H16Cl2N2O4S. The molecule has 0 aromatic heterocycles. The standard InChI is InChI=1S/C12H16Cl2N2O4S/c1-3-16(4-2)11(17)7-20-12-9(13)5-8(6-10(12)14)21(15,18)19/h5-6H,3-4,7H2,1-2H3,(H2,15,18,19). The Morgan fingerprint density at radius 2 is 1.71 bits per heavy atom. The Hall–Kier alpha value is -1.02. The molecule has 0 radical (unpaired) electrons. The van der Waals surface area contributed by atoms with Crippen molar-refractivity contribution < 1.29 is 17.9 Å². The average molecular weight is 355 g/mol. The van der Waals surface area contributed by atoms with Gasteiger partial charge in [0.1, 0.15) is 0 Å². The smallest absolute Gasteiger partial charge is 0.260 e. The van der Waals surface area contributed by atoms with Crippen LogP contribution in [-0.2, 0) is 14.8 Å². The van der Waals surface area contributed by atoms with Crippen molar-refractivity contribution in [1.82, 2.24) is 4.90 Å². The van der Waals surface area contributed by atoms with Crippen molar-refractivity contribution in [1.29, 1.82) is 0 Å². The monoisotopic (exact) mass is 354 g/mol. The molecule has 2 N–H and O–H groups in total. The van der Waals surface area contributed by atoms with Gasteiger partial charge < -0.3 is 9.64 Å². The lowest BCUT2D eigenvalue weighted by atomic mass is 10.3. The van der Waals surface area contributed by atoms with Gasteiger partial charge in [0.2, 0.25) is 10.0 Å². The third-order valence-corrected chi connectivity index (χ3v) is 4.21. The summed E-state index contributed by atoms with van der Waals surface area (Å²) >= 11 is 11.8. The Balaban J connectivity index is 2.93. The zero-order valence-electron chi connectivity index (χ0n) is 11.6. The highest BCUT2D eigenvalue weighted by Crippen LogP contribution is 2.35. The molecule has 0 spiro atoms. The molecule has 0 atom stereocenters. The molecule has 0 bridgehead atoms. The second-order valence-electron chi connectivity index (χ2n) is 4.12. The van der Waals surface area contributed by atoms with Crippen LogP contribution >= 0.6 is 23.2 Å². The van der Waals surface area contributed by atoms with E-state index >= 15 is 0 Å². The molecule has 0 fully saturated rings. The molecule has 0 aliphatic heterocycles. The van der Waals surface area contributed by atoms with E-state index in [-0.39, 0.29) is 33.2 Å². The Kier molecular flexibility index (Phi) is 6.27. The van der Waals surface area contributed by atoms with Gasteiger partial charge in [-0.1, -0.05) is 23.2 Å². The largest absolute Gasteiger partial charge is 0.481 e. The highest BCUT2D eigenvalue weighted by molar-refractivity contribution is 7.89. The van der Waals surface area contributed by atoms with Crippen LogP contribution in [0.2, 0.25) is 10.0 Å². The number of likely N-dealkylation sites (N-methyl/N-ethyl adjacent to an activating group) is 1. The number of rotatable bonds is 6. The molecule has 6 nitrogen and oxygen atoms in total. The number of hydrogen-bond donors (Lipinski definition) is 1. The minimum Gasteiger partial charge on any atom is -0.481 e. The van der Waals surface area contributed by atoms with E-state index in [9.17, 15) is 13.2 Å². The lowest BCUT2D eigenvalue weighted by Gasteiger charge is -2.19. The molecule has 0 aliphatic carbocycles. The molecule has 0 saturated carbocycles. The van der Waals surface area contributed by atoms with Crippen LogP contribution in [0.4, 0.5) is 0 Å². The Bertz CT molecular complexity index is 607. The van der Waals surface area contributed by atoms with Crippen LogP contribution in [-0.4, -0.2) is 38.9 Å². The first kappa shape index (κ1) is 18.0. The second-order valence-corrected chi connectivity index (χ2v) is 6.49. The Labute approximate surface area is 133 Å². The molecule has 9 heteroatoms. The highest BCUT2D eigenvalue weighted by atomic mass is 35.5. The molecular weight excluding hydrogens is 339 g/mol. The number of sulfonamides is 1. The number of halogens is 2. The van der Waals surface area contributed by atoms with Crippen molar-refractivity contribution in [3.8, 4) is 5.75 Å². The molecule has 0 saturated heterocycles. The number of nitrogens with zero attached hydrogens (tertiary/aromatic N) is 1. The van der Waals surface area contributed by atoms with Gasteiger partial charge in [-0.3, -0.25) is 4.79 Å². The normalized spacial score (nSPS) is 11.3. The van der Waals surface area contributed by atoms with Gasteiger partial charge in [-0.15, -0.1) is 0 Å². The number of benzene rings is 1. The second kappa shape index (κ2) is 7.31. The van der Waals surface area contributed by atoms with Crippen molar-refractivity contribution in [2.45, 2.75) is 18.7 Å². The van der Waals surface area contributed by atoms with E-state index in [2.05, 4.69) is 0 Å². The number of carbonyl (C=O) groups excluding carboxylic acids is 1. The van der Waals surface area contributed by atoms with Crippen LogP contribution in [0, 0.1) is 0 Å². The molecule has 0 heterocycles. The van der Waals surface area contributed by atoms with Gasteiger partial charge in [0.25, 0.3) is 5.91 Å². The lowest BCUT2D eigenvalue weighted by Crippen LogP contribution is -2.34. The minimum atomic E-state index is -3.92. The van der Waals surface area contributed by atoms with Crippen LogP contribution in [0.1, 0.15) is 13.8 Å². The number of ether oxygens (including phenoxy) is 1. The van der Waals surface area contributed by atoms with Crippen LogP contribution < -0.4 is 9.88 Å². The van der Waals surface area contributed by atoms with Gasteiger partial charge in [-0.05, 0) is 26.0 Å². The molecule has 1 aromatic carbocycles. The molecule has 0 aliphatic rings. The fourth-order valence-electron chi connectivity index (χ4n) is 1.64. The van der Waals surface area contributed by atoms with E-state index in [1.807, 2.05) is 13.8 Å². The van der Waals surface area contributed by atoms with E-state index in [1.54, 1.807) is 4.90 Å². The van der Waals surface area contributed by atoms with Crippen molar-refractivity contribution in [3.63, 3.8) is 0 Å². The van der Waals surface area contributed by atoms with Gasteiger partial charge in [-0.2, -0.15) is 0 Å². The predicted molar refractivity (Wildman–Crippen MR) is 81.3 cm³/mol. The van der Waals surface area contributed by atoms with Gasteiger partial charge in [0.15, 0.2) is 12.4 Å². The third kappa shape index (κ3) is 4.74. The maximum atomic E-state index is 11.8. The molecule has 1 aromatic rings. The minimum absolute atomic E-state index is 0.0288. The summed E-state index contributed by atoms with van der Waals surface area (Å²) < 4.78 is 27.8. The SMILES string of the molecule is CCN(CC)C(=O)COc1c(Cl)cc(S(N)(=O)=O)cc1Cl. The number of amides is 1. The summed E-state index contributed by atoms with van der Waals surface area (Å²) in [6.07, 6.45) is 0. The number of hydrogen-bond acceptors (Lipinski definition) is 4. The lowest BCUT2D eigenvalue weighted by molar-refractivity contribution is -0.132. The number of carbonyl (C=O) groups is 1. The van der Waals surface area contributed by atoms with Crippen molar-refractivity contribution in [2.75, 3.05) is 19.7 Å². The fourth-order valence-corrected chi connectivity index (χ4v) is 2.93. The van der Waals surface area contributed by atoms with E-state index in [1.165, 1.54) is 0 Å². The van der Waals surface area contributed by atoms with E-state index in [0.717, 1.165) is 12.1 Å². The fraction of sp³-hybridized carbons (Fsp3) is 0.417. The summed E-state index contributed by atoms with van der Waals surface area (Å²) in [7, 11) is -3.92. The summed E-state index contributed by atoms with van der Waals surface area (Å²) in [5.74, 6) is -0.172. The summed E-state index contributed by atoms with van der Waals surface area (Å²) in [6, 6.07) is 2.25. The Morgan fingerprint density at radius 3 is 2.10 bits per heavy atom. The van der Waals surface area contributed by atoms with Gasteiger partial charge in [-0.25, -0.2) is 13.6 Å². The zero-order chi connectivity index (χ0) is 16.2. The van der Waals surface area contributed by atoms with Crippen LogP contribution in [0.15, 0.2) is 17.0 Å². The number of primary sulfonamides is 1. The van der Waals surface area contributed by atoms with Crippen LogP contribution in [0.3, 0.4) is 0 Å². The summed E-state index contributed by atoms with van der Waals surface area (Å²) in [4.78, 5) is 13.2. The highest BCUT2D eigenvalue weighted by Gasteiger charge is 2.17. The summed E-state index contributed by atoms with van der Waals surface area (Å²) in [5.41, 5.74) is 0. The van der Waals surface area contributed by atoms with Gasteiger partial charge >= 0.3 is 0 Å². The van der Waals surface area contributed by atoms with Crippen molar-refractivity contribution >= 4 is 39.1 Å². The molecule has 21 heavy (non-hydrogen) atoms. The van der Waals surface area contributed by atoms with Crippen LogP contribution in [0.25, 0.3) is 0 Å². The molecule has 1 amide bonds. The molecule has 1 rings (SSSR count). The quantitative estimate of drug-likeness (QED) is 0.844. The van der Waals surface area contributed by atoms with Crippen molar-refractivity contribution in [2.24, 2.45) is 5.14 Å². The molecule has 118 valence electrons. The summed E-state index contributed by atoms with van der Waals surface area (Å²) in [5, 5.41) is 4.94. The van der Waals surface area contributed by atoms with Crippen molar-refractivity contribution in [3.05, 3.63) is 22.2 Å². The van der Waals surface area contributed by atoms with Gasteiger partial charge in [0.05, 0.1) is 14.9 Å². The maximum Gasteiger partial charge on any atom is 0.260 e. The zero-order valence-corrected chi connectivity index (χ0v) is 13.9. The molecule has 0 unspecified atom stereocenters.